The van der Waals surface area contributed by atoms with Crippen LogP contribution in [0.25, 0.3) is 0 Å². The first-order valence-corrected chi connectivity index (χ1v) is 7.08. The number of hydrogen-bond donors (Lipinski definition) is 1. The molecule has 0 spiro atoms. The number of anilines is 1. The summed E-state index contributed by atoms with van der Waals surface area (Å²) in [5.74, 6) is 0.747. The van der Waals surface area contributed by atoms with E-state index in [1.807, 2.05) is 0 Å². The van der Waals surface area contributed by atoms with E-state index in [0.717, 1.165) is 24.6 Å². The monoisotopic (exact) mass is 297 g/mol. The molecular formula is C15H18F3N3. The molecule has 114 valence electrons. The third kappa shape index (κ3) is 2.64. The number of aromatic nitrogens is 1. The van der Waals surface area contributed by atoms with Crippen molar-refractivity contribution in [1.29, 1.82) is 0 Å². The quantitative estimate of drug-likeness (QED) is 0.925. The van der Waals surface area contributed by atoms with Gasteiger partial charge in [0.05, 0.1) is 6.04 Å². The number of likely N-dealkylation sites (tertiary alicyclic amines) is 1. The van der Waals surface area contributed by atoms with Crippen molar-refractivity contribution >= 4 is 5.82 Å². The van der Waals surface area contributed by atoms with Gasteiger partial charge in [-0.3, -0.25) is 4.90 Å². The Morgan fingerprint density at radius 2 is 2.14 bits per heavy atom. The molecule has 1 saturated carbocycles. The molecule has 1 aliphatic heterocycles. The number of alkyl halides is 3. The van der Waals surface area contributed by atoms with Gasteiger partial charge in [0.15, 0.2) is 0 Å². The van der Waals surface area contributed by atoms with Crippen LogP contribution in [0.4, 0.5) is 19.0 Å². The fourth-order valence-electron chi connectivity index (χ4n) is 3.64. The Morgan fingerprint density at radius 3 is 2.76 bits per heavy atom. The molecule has 2 fully saturated rings. The summed E-state index contributed by atoms with van der Waals surface area (Å²) in [6, 6.07) is 4.62. The smallest absolute Gasteiger partial charge is 0.343 e. The molecule has 3 rings (SSSR count). The molecule has 2 aliphatic rings. The minimum atomic E-state index is -4.43. The zero-order valence-electron chi connectivity index (χ0n) is 11.8. The van der Waals surface area contributed by atoms with Crippen molar-refractivity contribution < 1.29 is 13.2 Å². The molecule has 2 bridgehead atoms. The minimum Gasteiger partial charge on any atom is -0.343 e. The number of likely N-dealkylation sites (N-methyl/N-ethyl adjacent to an activating group) is 1. The van der Waals surface area contributed by atoms with Crippen molar-refractivity contribution in [3.8, 4) is 0 Å². The summed E-state index contributed by atoms with van der Waals surface area (Å²) in [5.41, 5.74) is -0.155. The number of rotatable bonds is 3. The Balaban J connectivity index is 1.74. The lowest BCUT2D eigenvalue weighted by atomic mass is 9.96. The highest BCUT2D eigenvalue weighted by atomic mass is 19.4. The van der Waals surface area contributed by atoms with Crippen molar-refractivity contribution in [3.05, 3.63) is 36.2 Å². The highest BCUT2D eigenvalue weighted by molar-refractivity contribution is 5.43. The Labute approximate surface area is 121 Å². The highest BCUT2D eigenvalue weighted by Gasteiger charge is 2.45. The molecular weight excluding hydrogens is 279 g/mol. The molecule has 0 radical (unpaired) electrons. The maximum absolute atomic E-state index is 12.7. The third-order valence-corrected chi connectivity index (χ3v) is 4.59. The lowest BCUT2D eigenvalue weighted by Gasteiger charge is -2.33. The van der Waals surface area contributed by atoms with Crippen molar-refractivity contribution in [1.82, 2.24) is 9.88 Å². The molecule has 1 aromatic rings. The number of nitrogens with one attached hydrogen (secondary N) is 1. The van der Waals surface area contributed by atoms with Crippen molar-refractivity contribution in [2.24, 2.45) is 5.92 Å². The Morgan fingerprint density at radius 1 is 1.38 bits per heavy atom. The molecule has 3 unspecified atom stereocenters. The first kappa shape index (κ1) is 14.4. The second kappa shape index (κ2) is 5.02. The number of nitrogens with zero attached hydrogens (tertiary/aromatic N) is 2. The van der Waals surface area contributed by atoms with Gasteiger partial charge >= 0.3 is 6.18 Å². The Bertz CT molecular complexity index is 553. The molecule has 2 heterocycles. The molecule has 1 aromatic heterocycles. The largest absolute Gasteiger partial charge is 0.433 e. The van der Waals surface area contributed by atoms with Crippen LogP contribution in [0.5, 0.6) is 0 Å². The van der Waals surface area contributed by atoms with Gasteiger partial charge in [0, 0.05) is 11.7 Å². The lowest BCUT2D eigenvalue weighted by molar-refractivity contribution is -0.141. The first-order valence-electron chi connectivity index (χ1n) is 7.08. The second-order valence-electron chi connectivity index (χ2n) is 5.89. The fourth-order valence-corrected chi connectivity index (χ4v) is 3.64. The van der Waals surface area contributed by atoms with E-state index in [0.29, 0.717) is 12.0 Å². The molecule has 6 heteroatoms. The number of halogens is 3. The van der Waals surface area contributed by atoms with Crippen molar-refractivity contribution in [3.63, 3.8) is 0 Å². The fraction of sp³-hybridized carbons (Fsp3) is 0.533. The summed E-state index contributed by atoms with van der Waals surface area (Å²) in [6.07, 6.45) is -0.913. The van der Waals surface area contributed by atoms with Crippen LogP contribution < -0.4 is 5.32 Å². The van der Waals surface area contributed by atoms with Crippen LogP contribution in [0.2, 0.25) is 0 Å². The first-order chi connectivity index (χ1) is 9.86. The molecule has 1 N–H and O–H groups in total. The topological polar surface area (TPSA) is 28.2 Å². The third-order valence-electron chi connectivity index (χ3n) is 4.59. The van der Waals surface area contributed by atoms with Gasteiger partial charge in [-0.25, -0.2) is 4.98 Å². The second-order valence-corrected chi connectivity index (χ2v) is 5.89. The maximum atomic E-state index is 12.7. The van der Waals surface area contributed by atoms with Crippen LogP contribution in [-0.4, -0.2) is 29.0 Å². The predicted octanol–water partition coefficient (Wildman–Crippen LogP) is 3.51. The van der Waals surface area contributed by atoms with Gasteiger partial charge in [-0.05, 0) is 44.4 Å². The van der Waals surface area contributed by atoms with Gasteiger partial charge in [-0.15, -0.1) is 0 Å². The summed E-state index contributed by atoms with van der Waals surface area (Å²) < 4.78 is 38.0. The summed E-state index contributed by atoms with van der Waals surface area (Å²) in [4.78, 5) is 5.90. The van der Waals surface area contributed by atoms with Crippen LogP contribution in [0.1, 0.15) is 25.0 Å². The molecule has 21 heavy (non-hydrogen) atoms. The SMILES string of the molecule is C=C(Nc1cccc(C(F)(F)F)n1)C1C2CCC(C2)N1C. The zero-order valence-corrected chi connectivity index (χ0v) is 11.8. The van der Waals surface area contributed by atoms with E-state index in [9.17, 15) is 13.2 Å². The van der Waals surface area contributed by atoms with Crippen LogP contribution in [0.3, 0.4) is 0 Å². The number of hydrogen-bond acceptors (Lipinski definition) is 3. The van der Waals surface area contributed by atoms with Gasteiger partial charge in [0.2, 0.25) is 0 Å². The maximum Gasteiger partial charge on any atom is 0.433 e. The Hall–Kier alpha value is -1.56. The lowest BCUT2D eigenvalue weighted by Crippen LogP contribution is -2.40. The molecule has 3 atom stereocenters. The molecule has 1 saturated heterocycles. The van der Waals surface area contributed by atoms with E-state index in [-0.39, 0.29) is 11.9 Å². The average Bonchev–Trinajstić information content (AvgIpc) is 2.98. The van der Waals surface area contributed by atoms with Crippen LogP contribution >= 0.6 is 0 Å². The summed E-state index contributed by atoms with van der Waals surface area (Å²) in [6.45, 7) is 4.02. The molecule has 0 aromatic carbocycles. The van der Waals surface area contributed by atoms with Crippen LogP contribution in [0.15, 0.2) is 30.5 Å². The molecule has 1 aliphatic carbocycles. The van der Waals surface area contributed by atoms with E-state index in [4.69, 9.17) is 0 Å². The van der Waals surface area contributed by atoms with Crippen LogP contribution in [0, 0.1) is 5.92 Å². The number of pyridine rings is 1. The van der Waals surface area contributed by atoms with E-state index >= 15 is 0 Å². The van der Waals surface area contributed by atoms with Gasteiger partial charge < -0.3 is 5.32 Å². The van der Waals surface area contributed by atoms with E-state index in [1.165, 1.54) is 18.6 Å². The summed E-state index contributed by atoms with van der Waals surface area (Å²) in [7, 11) is 2.06. The van der Waals surface area contributed by atoms with Gasteiger partial charge in [0.1, 0.15) is 11.5 Å². The van der Waals surface area contributed by atoms with Crippen LogP contribution in [-0.2, 0) is 6.18 Å². The predicted molar refractivity (Wildman–Crippen MR) is 74.7 cm³/mol. The number of piperidine rings is 1. The minimum absolute atomic E-state index is 0.181. The number of fused-ring (bicyclic) bond motifs is 2. The standard InChI is InChI=1S/C15H18F3N3/c1-9(14-10-6-7-11(8-10)21(14)2)19-13-5-3-4-12(20-13)15(16,17)18/h3-5,10-11,14H,1,6-8H2,2H3,(H,19,20). The van der Waals surface area contributed by atoms with E-state index in [1.54, 1.807) is 0 Å². The average molecular weight is 297 g/mol. The summed E-state index contributed by atoms with van der Waals surface area (Å²) in [5, 5.41) is 2.96. The van der Waals surface area contributed by atoms with Gasteiger partial charge in [-0.2, -0.15) is 13.2 Å². The summed E-state index contributed by atoms with van der Waals surface area (Å²) >= 11 is 0. The normalized spacial score (nSPS) is 28.9. The van der Waals surface area contributed by atoms with Crippen molar-refractivity contribution in [2.75, 3.05) is 12.4 Å². The Kier molecular flexibility index (Phi) is 3.43. The van der Waals surface area contributed by atoms with Crippen molar-refractivity contribution in [2.45, 2.75) is 37.5 Å². The molecule has 0 amide bonds. The van der Waals surface area contributed by atoms with E-state index in [2.05, 4.69) is 28.8 Å². The molecule has 3 nitrogen and oxygen atoms in total. The van der Waals surface area contributed by atoms with Gasteiger partial charge in [0.25, 0.3) is 0 Å². The highest BCUT2D eigenvalue weighted by Crippen LogP contribution is 2.43. The van der Waals surface area contributed by atoms with E-state index < -0.39 is 11.9 Å². The van der Waals surface area contributed by atoms with Gasteiger partial charge in [-0.1, -0.05) is 12.6 Å². The zero-order chi connectivity index (χ0) is 15.2.